The molecule has 3 N–H and O–H groups in total. The van der Waals surface area contributed by atoms with Crippen LogP contribution in [0, 0.1) is 0 Å². The fourth-order valence-electron chi connectivity index (χ4n) is 1.19. The molecule has 0 saturated heterocycles. The Kier molecular flexibility index (Phi) is 5.25. The lowest BCUT2D eigenvalue weighted by Crippen LogP contribution is -2.38. The van der Waals surface area contributed by atoms with Gasteiger partial charge in [-0.25, -0.2) is 19.2 Å². The van der Waals surface area contributed by atoms with Gasteiger partial charge in [-0.2, -0.15) is 8.42 Å². The van der Waals surface area contributed by atoms with Crippen LogP contribution in [0.5, 0.6) is 0 Å². The van der Waals surface area contributed by atoms with E-state index in [9.17, 15) is 13.2 Å². The van der Waals surface area contributed by atoms with Crippen LogP contribution in [0.2, 0.25) is 0 Å². The average molecular weight is 276 g/mol. The highest BCUT2D eigenvalue weighted by Gasteiger charge is 2.09. The van der Waals surface area contributed by atoms with Crippen LogP contribution >= 0.6 is 0 Å². The SMILES string of the molecule is CCCNS(=O)(=O)NCCn1cnc(C(=O)O)c1. The van der Waals surface area contributed by atoms with E-state index in [0.29, 0.717) is 19.5 Å². The van der Waals surface area contributed by atoms with Gasteiger partial charge in [-0.15, -0.1) is 0 Å². The van der Waals surface area contributed by atoms with Gasteiger partial charge in [-0.05, 0) is 6.42 Å². The summed E-state index contributed by atoms with van der Waals surface area (Å²) in [6.07, 6.45) is 3.40. The largest absolute Gasteiger partial charge is 0.476 e. The summed E-state index contributed by atoms with van der Waals surface area (Å²) in [5.74, 6) is -1.11. The fourth-order valence-corrected chi connectivity index (χ4v) is 2.12. The Bertz CT molecular complexity index is 496. The van der Waals surface area contributed by atoms with Gasteiger partial charge in [-0.3, -0.25) is 0 Å². The Balaban J connectivity index is 2.39. The van der Waals surface area contributed by atoms with E-state index < -0.39 is 16.2 Å². The normalized spacial score (nSPS) is 11.6. The molecule has 0 saturated carbocycles. The Morgan fingerprint density at radius 1 is 1.44 bits per heavy atom. The Morgan fingerprint density at radius 3 is 2.67 bits per heavy atom. The second-order valence-electron chi connectivity index (χ2n) is 3.59. The van der Waals surface area contributed by atoms with Crippen molar-refractivity contribution in [1.82, 2.24) is 19.0 Å². The number of aromatic nitrogens is 2. The molecule has 0 unspecified atom stereocenters. The van der Waals surface area contributed by atoms with E-state index in [2.05, 4.69) is 14.4 Å². The predicted molar refractivity (Wildman–Crippen MR) is 64.4 cm³/mol. The molecule has 0 amide bonds. The third kappa shape index (κ3) is 4.82. The number of carboxylic acids is 1. The summed E-state index contributed by atoms with van der Waals surface area (Å²) in [6, 6.07) is 0. The molecule has 0 aromatic carbocycles. The summed E-state index contributed by atoms with van der Waals surface area (Å²) in [5, 5.41) is 8.65. The molecule has 1 heterocycles. The Labute approximate surface area is 105 Å². The monoisotopic (exact) mass is 276 g/mol. The minimum atomic E-state index is -3.47. The van der Waals surface area contributed by atoms with Crippen molar-refractivity contribution >= 4 is 16.2 Å². The summed E-state index contributed by atoms with van der Waals surface area (Å²) in [5.41, 5.74) is -0.0676. The molecule has 0 bridgehead atoms. The molecule has 0 atom stereocenters. The fraction of sp³-hybridized carbons (Fsp3) is 0.556. The zero-order valence-corrected chi connectivity index (χ0v) is 10.8. The minimum absolute atomic E-state index is 0.0676. The molecule has 0 radical (unpaired) electrons. The van der Waals surface area contributed by atoms with Gasteiger partial charge in [0.2, 0.25) is 0 Å². The van der Waals surface area contributed by atoms with Gasteiger partial charge in [0.15, 0.2) is 5.69 Å². The quantitative estimate of drug-likeness (QED) is 0.587. The van der Waals surface area contributed by atoms with Crippen LogP contribution in [0.25, 0.3) is 0 Å². The first-order valence-electron chi connectivity index (χ1n) is 5.44. The molecule has 18 heavy (non-hydrogen) atoms. The summed E-state index contributed by atoms with van der Waals surface area (Å²) < 4.78 is 28.9. The molecule has 0 fully saturated rings. The van der Waals surface area contributed by atoms with Gasteiger partial charge < -0.3 is 9.67 Å². The van der Waals surface area contributed by atoms with E-state index in [0.717, 1.165) is 0 Å². The zero-order valence-electron chi connectivity index (χ0n) is 9.96. The third-order valence-electron chi connectivity index (χ3n) is 2.06. The van der Waals surface area contributed by atoms with Crippen LogP contribution in [0.3, 0.4) is 0 Å². The first-order chi connectivity index (χ1) is 8.44. The van der Waals surface area contributed by atoms with Crippen LogP contribution in [0.15, 0.2) is 12.5 Å². The van der Waals surface area contributed by atoms with Gasteiger partial charge >= 0.3 is 5.97 Å². The number of nitrogens with zero attached hydrogens (tertiary/aromatic N) is 2. The van der Waals surface area contributed by atoms with Crippen LogP contribution in [0.4, 0.5) is 0 Å². The van der Waals surface area contributed by atoms with E-state index in [4.69, 9.17) is 5.11 Å². The maximum absolute atomic E-state index is 11.4. The van der Waals surface area contributed by atoms with Crippen molar-refractivity contribution in [1.29, 1.82) is 0 Å². The number of carboxylic acid groups (broad SMARTS) is 1. The first-order valence-corrected chi connectivity index (χ1v) is 6.92. The van der Waals surface area contributed by atoms with Gasteiger partial charge in [0.05, 0.1) is 6.33 Å². The highest BCUT2D eigenvalue weighted by molar-refractivity contribution is 7.87. The molecular weight excluding hydrogens is 260 g/mol. The number of nitrogens with one attached hydrogen (secondary N) is 2. The van der Waals surface area contributed by atoms with E-state index >= 15 is 0 Å². The summed E-state index contributed by atoms with van der Waals surface area (Å²) >= 11 is 0. The van der Waals surface area contributed by atoms with Crippen molar-refractivity contribution in [2.45, 2.75) is 19.9 Å². The Hall–Kier alpha value is -1.45. The molecule has 1 aromatic rings. The number of imidazole rings is 1. The smallest absolute Gasteiger partial charge is 0.356 e. The number of aromatic carboxylic acids is 1. The second-order valence-corrected chi connectivity index (χ2v) is 5.18. The number of rotatable bonds is 8. The van der Waals surface area contributed by atoms with Crippen LogP contribution in [-0.2, 0) is 16.8 Å². The van der Waals surface area contributed by atoms with Crippen LogP contribution in [0.1, 0.15) is 23.8 Å². The number of hydrogen-bond donors (Lipinski definition) is 3. The molecule has 8 nitrogen and oxygen atoms in total. The minimum Gasteiger partial charge on any atom is -0.476 e. The number of carbonyl (C=O) groups is 1. The molecule has 0 aliphatic rings. The molecule has 1 aromatic heterocycles. The standard InChI is InChI=1S/C9H16N4O4S/c1-2-3-11-18(16,17)12-4-5-13-6-8(9(14)15)10-7-13/h6-7,11-12H,2-5H2,1H3,(H,14,15). The molecule has 9 heteroatoms. The summed E-state index contributed by atoms with van der Waals surface area (Å²) in [7, 11) is -3.47. The second kappa shape index (κ2) is 6.47. The summed E-state index contributed by atoms with van der Waals surface area (Å²) in [4.78, 5) is 14.2. The first kappa shape index (κ1) is 14.6. The lowest BCUT2D eigenvalue weighted by Gasteiger charge is -2.07. The van der Waals surface area contributed by atoms with Crippen LogP contribution < -0.4 is 9.44 Å². The van der Waals surface area contributed by atoms with Gasteiger partial charge in [0.25, 0.3) is 10.2 Å². The average Bonchev–Trinajstić information content (AvgIpc) is 2.75. The Morgan fingerprint density at radius 2 is 2.11 bits per heavy atom. The highest BCUT2D eigenvalue weighted by Crippen LogP contribution is 1.95. The molecular formula is C9H16N4O4S. The van der Waals surface area contributed by atoms with E-state index in [1.807, 2.05) is 6.92 Å². The van der Waals surface area contributed by atoms with Gasteiger partial charge in [-0.1, -0.05) is 6.92 Å². The molecule has 0 aliphatic carbocycles. The predicted octanol–water partition coefficient (Wildman–Crippen LogP) is -0.585. The van der Waals surface area contributed by atoms with Crippen molar-refractivity contribution in [3.8, 4) is 0 Å². The van der Waals surface area contributed by atoms with E-state index in [1.54, 1.807) is 0 Å². The highest BCUT2D eigenvalue weighted by atomic mass is 32.2. The molecule has 1 rings (SSSR count). The number of hydrogen-bond acceptors (Lipinski definition) is 4. The van der Waals surface area contributed by atoms with Crippen molar-refractivity contribution in [3.05, 3.63) is 18.2 Å². The van der Waals surface area contributed by atoms with Crippen molar-refractivity contribution in [3.63, 3.8) is 0 Å². The van der Waals surface area contributed by atoms with Crippen molar-refractivity contribution in [2.75, 3.05) is 13.1 Å². The molecule has 0 spiro atoms. The van der Waals surface area contributed by atoms with Crippen molar-refractivity contribution in [2.24, 2.45) is 0 Å². The van der Waals surface area contributed by atoms with E-state index in [-0.39, 0.29) is 12.2 Å². The molecule has 0 aliphatic heterocycles. The topological polar surface area (TPSA) is 113 Å². The van der Waals surface area contributed by atoms with E-state index in [1.165, 1.54) is 17.1 Å². The van der Waals surface area contributed by atoms with Gasteiger partial charge in [0.1, 0.15) is 0 Å². The summed E-state index contributed by atoms with van der Waals surface area (Å²) in [6.45, 7) is 2.72. The molecule has 102 valence electrons. The maximum atomic E-state index is 11.4. The van der Waals surface area contributed by atoms with Crippen molar-refractivity contribution < 1.29 is 18.3 Å². The van der Waals surface area contributed by atoms with Crippen LogP contribution in [-0.4, -0.2) is 42.1 Å². The lowest BCUT2D eigenvalue weighted by atomic mass is 10.5. The maximum Gasteiger partial charge on any atom is 0.356 e. The lowest BCUT2D eigenvalue weighted by molar-refractivity contribution is 0.0691. The van der Waals surface area contributed by atoms with Gasteiger partial charge in [0, 0.05) is 25.8 Å². The zero-order chi connectivity index (χ0) is 13.6. The third-order valence-corrected chi connectivity index (χ3v) is 3.22.